The third-order valence-electron chi connectivity index (χ3n) is 4.20. The predicted octanol–water partition coefficient (Wildman–Crippen LogP) is 6.12. The van der Waals surface area contributed by atoms with Crippen molar-refractivity contribution in [3.63, 3.8) is 0 Å². The van der Waals surface area contributed by atoms with Gasteiger partial charge in [-0.3, -0.25) is 9.59 Å². The average molecular weight is 417 g/mol. The van der Waals surface area contributed by atoms with Gasteiger partial charge in [0.05, 0.1) is 0 Å². The van der Waals surface area contributed by atoms with E-state index >= 15 is 0 Å². The van der Waals surface area contributed by atoms with Crippen LogP contribution in [0.1, 0.15) is 78.6 Å². The van der Waals surface area contributed by atoms with Crippen molar-refractivity contribution in [2.24, 2.45) is 5.16 Å². The highest BCUT2D eigenvalue weighted by molar-refractivity contribution is 6.46. The fraction of sp³-hybridized carbons (Fsp3) is 0.480. The van der Waals surface area contributed by atoms with Gasteiger partial charge in [-0.15, -0.1) is 0 Å². The van der Waals surface area contributed by atoms with Crippen molar-refractivity contribution in [2.45, 2.75) is 68.2 Å². The van der Waals surface area contributed by atoms with E-state index in [9.17, 15) is 9.59 Å². The van der Waals surface area contributed by atoms with Crippen LogP contribution in [0.4, 0.5) is 0 Å². The Hall–Kier alpha value is -2.69. The number of benzene rings is 1. The van der Waals surface area contributed by atoms with E-state index in [-0.39, 0.29) is 17.4 Å². The lowest BCUT2D eigenvalue weighted by Crippen LogP contribution is -2.31. The van der Waals surface area contributed by atoms with E-state index in [1.807, 2.05) is 73.6 Å². The van der Waals surface area contributed by atoms with Gasteiger partial charge < -0.3 is 10.2 Å². The molecule has 0 fully saturated rings. The Morgan fingerprint density at radius 3 is 1.77 bits per heavy atom. The van der Waals surface area contributed by atoms with Gasteiger partial charge in [0, 0.05) is 18.2 Å². The molecule has 0 spiro atoms. The van der Waals surface area contributed by atoms with Gasteiger partial charge in [0.2, 0.25) is 0 Å². The Labute approximate surface area is 183 Å². The van der Waals surface area contributed by atoms with Crippen molar-refractivity contribution < 1.29 is 14.4 Å². The summed E-state index contributed by atoms with van der Waals surface area (Å²) in [5.41, 5.74) is 4.28. The van der Waals surface area contributed by atoms with Gasteiger partial charge >= 0.3 is 0 Å². The summed E-state index contributed by atoms with van der Waals surface area (Å²) in [7, 11) is 2.92. The van der Waals surface area contributed by atoms with Crippen molar-refractivity contribution in [2.75, 3.05) is 14.2 Å². The molecular formula is C25H40N2O3. The van der Waals surface area contributed by atoms with Crippen LogP contribution in [0.15, 0.2) is 57.8 Å². The number of hydrogen-bond acceptors (Lipinski definition) is 4. The molecule has 5 heteroatoms. The molecule has 1 amide bonds. The molecule has 0 unspecified atom stereocenters. The minimum atomic E-state index is -0.363. The number of hydrogen-bond donors (Lipinski definition) is 1. The van der Waals surface area contributed by atoms with Crippen LogP contribution in [0.5, 0.6) is 0 Å². The molecule has 1 aliphatic rings. The summed E-state index contributed by atoms with van der Waals surface area (Å²) in [5.74, 6) is -0.442. The van der Waals surface area contributed by atoms with Crippen LogP contribution >= 0.6 is 0 Å². The second-order valence-electron chi connectivity index (χ2n) is 5.77. The molecule has 1 aromatic rings. The highest BCUT2D eigenvalue weighted by Crippen LogP contribution is 2.32. The maximum Gasteiger partial charge on any atom is 0.273 e. The lowest BCUT2D eigenvalue weighted by molar-refractivity contribution is -0.114. The number of ketones is 1. The number of nitrogens with one attached hydrogen (secondary N) is 1. The van der Waals surface area contributed by atoms with Crippen LogP contribution in [0.25, 0.3) is 0 Å². The summed E-state index contributed by atoms with van der Waals surface area (Å²) in [5, 5.41) is 6.44. The number of nitrogens with zero attached hydrogens (tertiary/aromatic N) is 1. The Morgan fingerprint density at radius 2 is 1.33 bits per heavy atom. The molecule has 1 aromatic carbocycles. The van der Waals surface area contributed by atoms with Crippen LogP contribution in [0, 0.1) is 0 Å². The lowest BCUT2D eigenvalue weighted by Gasteiger charge is -2.22. The quantitative estimate of drug-likeness (QED) is 0.272. The number of carbonyl (C=O) groups is 2. The van der Waals surface area contributed by atoms with E-state index < -0.39 is 0 Å². The molecule has 0 radical (unpaired) electrons. The summed E-state index contributed by atoms with van der Waals surface area (Å²) in [4.78, 5) is 30.0. The first-order chi connectivity index (χ1) is 14.5. The molecule has 0 atom stereocenters. The van der Waals surface area contributed by atoms with Crippen LogP contribution in [0.3, 0.4) is 0 Å². The molecular weight excluding hydrogens is 376 g/mol. The lowest BCUT2D eigenvalue weighted by atomic mass is 9.82. The van der Waals surface area contributed by atoms with E-state index in [2.05, 4.69) is 10.5 Å². The van der Waals surface area contributed by atoms with E-state index in [4.69, 9.17) is 4.84 Å². The molecule has 0 saturated carbocycles. The summed E-state index contributed by atoms with van der Waals surface area (Å²) >= 11 is 0. The Morgan fingerprint density at radius 1 is 0.867 bits per heavy atom. The largest absolute Gasteiger partial charge is 0.398 e. The van der Waals surface area contributed by atoms with Crippen molar-refractivity contribution >= 4 is 17.4 Å². The van der Waals surface area contributed by atoms with Crippen LogP contribution < -0.4 is 5.32 Å². The monoisotopic (exact) mass is 416 g/mol. The average Bonchev–Trinajstić information content (AvgIpc) is 2.82. The fourth-order valence-electron chi connectivity index (χ4n) is 2.70. The highest BCUT2D eigenvalue weighted by Gasteiger charge is 2.28. The third-order valence-corrected chi connectivity index (χ3v) is 4.20. The normalized spacial score (nSPS) is 12.9. The number of amides is 1. The van der Waals surface area contributed by atoms with Crippen molar-refractivity contribution in [1.82, 2.24) is 5.32 Å². The van der Waals surface area contributed by atoms with E-state index in [0.29, 0.717) is 29.6 Å². The van der Waals surface area contributed by atoms with Gasteiger partial charge in [0.25, 0.3) is 5.91 Å². The highest BCUT2D eigenvalue weighted by atomic mass is 16.6. The molecule has 1 aliphatic carbocycles. The van der Waals surface area contributed by atoms with Gasteiger partial charge in [-0.2, -0.15) is 0 Å². The number of allylic oxidation sites excluding steroid dienone is 3. The standard InChI is InChI=1S/C19H22N2O3.3C2H6/c1-12-10-15(17(21-24-4)19(23)20-3)16(11-13(12)2)18(22)14-8-6-5-7-9-14;3*1-2/h5-9H,10-11H2,1-4H3,(H,20,23);3*1-2H3/b21-17+;;;. The van der Waals surface area contributed by atoms with E-state index in [0.717, 1.165) is 11.1 Å². The van der Waals surface area contributed by atoms with Crippen LogP contribution in [0.2, 0.25) is 0 Å². The van der Waals surface area contributed by atoms with Gasteiger partial charge in [-0.1, -0.05) is 88.2 Å². The zero-order valence-electron chi connectivity index (χ0n) is 20.5. The smallest absolute Gasteiger partial charge is 0.273 e. The number of Topliss-reactive ketones (excluding diaryl/α,β-unsaturated/α-hetero) is 1. The molecule has 30 heavy (non-hydrogen) atoms. The molecule has 5 nitrogen and oxygen atoms in total. The summed E-state index contributed by atoms with van der Waals surface area (Å²) < 4.78 is 0. The molecule has 168 valence electrons. The summed E-state index contributed by atoms with van der Waals surface area (Å²) in [6, 6.07) is 9.08. The van der Waals surface area contributed by atoms with Gasteiger partial charge in [0.1, 0.15) is 7.11 Å². The first-order valence-corrected chi connectivity index (χ1v) is 10.8. The summed E-state index contributed by atoms with van der Waals surface area (Å²) in [6.07, 6.45) is 1.02. The zero-order valence-corrected chi connectivity index (χ0v) is 20.5. The molecule has 1 N–H and O–H groups in total. The van der Waals surface area contributed by atoms with Gasteiger partial charge in [-0.25, -0.2) is 0 Å². The maximum atomic E-state index is 13.0. The Bertz CT molecular complexity index is 745. The Balaban J connectivity index is 0. The Kier molecular flexibility index (Phi) is 16.9. The number of oxime groups is 1. The van der Waals surface area contributed by atoms with Gasteiger partial charge in [-0.05, 0) is 32.3 Å². The second-order valence-corrected chi connectivity index (χ2v) is 5.77. The molecule has 2 rings (SSSR count). The molecule has 0 heterocycles. The third kappa shape index (κ3) is 8.36. The van der Waals surface area contributed by atoms with Crippen LogP contribution in [-0.2, 0) is 9.63 Å². The zero-order chi connectivity index (χ0) is 23.7. The molecule has 0 bridgehead atoms. The number of carbonyl (C=O) groups excluding carboxylic acids is 2. The van der Waals surface area contributed by atoms with Crippen LogP contribution in [-0.4, -0.2) is 31.6 Å². The molecule has 0 aliphatic heterocycles. The second kappa shape index (κ2) is 17.2. The van der Waals surface area contributed by atoms with E-state index in [1.165, 1.54) is 14.2 Å². The maximum absolute atomic E-state index is 13.0. The van der Waals surface area contributed by atoms with Crippen molar-refractivity contribution in [3.05, 3.63) is 58.2 Å². The minimum absolute atomic E-state index is 0.0786. The van der Waals surface area contributed by atoms with Gasteiger partial charge in [0.15, 0.2) is 11.5 Å². The van der Waals surface area contributed by atoms with Crippen molar-refractivity contribution in [1.29, 1.82) is 0 Å². The molecule has 0 saturated heterocycles. The SMILES string of the molecule is CC.CC.CC.CNC(=O)/C(=N/OC)C1=C(C(=O)c2ccccc2)CC(C)=C(C)C1. The first kappa shape index (κ1) is 29.5. The predicted molar refractivity (Wildman–Crippen MR) is 128 cm³/mol. The topological polar surface area (TPSA) is 67.8 Å². The molecule has 0 aromatic heterocycles. The fourth-order valence-corrected chi connectivity index (χ4v) is 2.70. The van der Waals surface area contributed by atoms with Crippen molar-refractivity contribution in [3.8, 4) is 0 Å². The first-order valence-electron chi connectivity index (χ1n) is 10.8. The summed E-state index contributed by atoms with van der Waals surface area (Å²) in [6.45, 7) is 16.0. The minimum Gasteiger partial charge on any atom is -0.398 e. The number of rotatable bonds is 5. The van der Waals surface area contributed by atoms with E-state index in [1.54, 1.807) is 12.1 Å².